The molecule has 1 aliphatic heterocycles. The van der Waals surface area contributed by atoms with E-state index in [9.17, 15) is 4.79 Å². The van der Waals surface area contributed by atoms with Crippen molar-refractivity contribution in [3.8, 4) is 10.7 Å². The van der Waals surface area contributed by atoms with Gasteiger partial charge >= 0.3 is 5.97 Å². The Hall–Kier alpha value is -1.11. The molecule has 2 aromatic rings. The van der Waals surface area contributed by atoms with E-state index in [1.807, 2.05) is 10.8 Å². The zero-order chi connectivity index (χ0) is 24.3. The van der Waals surface area contributed by atoms with Gasteiger partial charge in [0.1, 0.15) is 26.4 Å². The Morgan fingerprint density at radius 2 is 1.73 bits per heavy atom. The van der Waals surface area contributed by atoms with Crippen LogP contribution in [0.3, 0.4) is 0 Å². The second-order valence-corrected chi connectivity index (χ2v) is 17.3. The molecule has 2 aromatic heterocycles. The number of thiazole rings is 2. The SMILES string of the molecule is COC(=O)[C@@H]1CSC(c2csc(-c3csc(C(N)CO[Si](C(C)C)(C(C)C)C(C)C)n3)n2)=N1. The molecule has 0 aromatic carbocycles. The van der Waals surface area contributed by atoms with Crippen LogP contribution in [0, 0.1) is 0 Å². The quantitative estimate of drug-likeness (QED) is 0.322. The Labute approximate surface area is 209 Å². The molecule has 2 N–H and O–H groups in total. The largest absolute Gasteiger partial charge is 0.467 e. The van der Waals surface area contributed by atoms with Crippen LogP contribution in [0.4, 0.5) is 0 Å². The maximum Gasteiger partial charge on any atom is 0.331 e. The number of methoxy groups -OCH3 is 1. The van der Waals surface area contributed by atoms with Gasteiger partial charge in [0.05, 0.1) is 19.8 Å². The third kappa shape index (κ3) is 5.59. The van der Waals surface area contributed by atoms with E-state index >= 15 is 0 Å². The number of thioether (sulfide) groups is 1. The average Bonchev–Trinajstić information content (AvgIpc) is 3.52. The lowest BCUT2D eigenvalue weighted by Gasteiger charge is -2.42. The summed E-state index contributed by atoms with van der Waals surface area (Å²) in [6, 6.07) is -0.718. The fourth-order valence-corrected chi connectivity index (χ4v) is 12.8. The van der Waals surface area contributed by atoms with Crippen molar-refractivity contribution in [2.24, 2.45) is 10.7 Å². The van der Waals surface area contributed by atoms with Gasteiger partial charge in [0, 0.05) is 16.5 Å². The number of rotatable bonds is 10. The number of nitrogens with two attached hydrogens (primary N) is 1. The fourth-order valence-electron chi connectivity index (χ4n) is 4.62. The molecule has 182 valence electrons. The maximum absolute atomic E-state index is 11.7. The summed E-state index contributed by atoms with van der Waals surface area (Å²) in [5.74, 6) is 0.270. The Balaban J connectivity index is 1.70. The molecule has 2 atom stereocenters. The van der Waals surface area contributed by atoms with E-state index in [0.717, 1.165) is 26.4 Å². The lowest BCUT2D eigenvalue weighted by Crippen LogP contribution is -2.48. The zero-order valence-corrected chi connectivity index (χ0v) is 23.8. The van der Waals surface area contributed by atoms with Crippen LogP contribution in [0.5, 0.6) is 0 Å². The molecule has 0 spiro atoms. The lowest BCUT2D eigenvalue weighted by atomic mass is 10.3. The minimum absolute atomic E-state index is 0.262. The van der Waals surface area contributed by atoms with Crippen molar-refractivity contribution in [3.05, 3.63) is 21.5 Å². The number of esters is 1. The van der Waals surface area contributed by atoms with Crippen LogP contribution in [0.15, 0.2) is 15.8 Å². The normalized spacial score (nSPS) is 17.8. The minimum atomic E-state index is -1.97. The van der Waals surface area contributed by atoms with Gasteiger partial charge in [-0.25, -0.2) is 14.8 Å². The smallest absolute Gasteiger partial charge is 0.331 e. The van der Waals surface area contributed by atoms with Gasteiger partial charge in [-0.3, -0.25) is 4.99 Å². The molecule has 7 nitrogen and oxygen atoms in total. The molecule has 0 fully saturated rings. The number of aliphatic imine (C=N–C) groups is 1. The molecule has 1 unspecified atom stereocenters. The van der Waals surface area contributed by atoms with Crippen LogP contribution in [0.1, 0.15) is 58.3 Å². The molecule has 0 radical (unpaired) electrons. The monoisotopic (exact) mass is 526 g/mol. The first-order valence-corrected chi connectivity index (χ1v) is 16.1. The Bertz CT molecular complexity index is 967. The molecule has 0 bridgehead atoms. The van der Waals surface area contributed by atoms with Crippen LogP contribution in [-0.4, -0.2) is 54.8 Å². The summed E-state index contributed by atoms with van der Waals surface area (Å²) < 4.78 is 11.5. The Morgan fingerprint density at radius 3 is 2.33 bits per heavy atom. The standard InChI is InChI=1S/C22H34N4O3S3Si/c1-12(2)33(13(3)4,14(5)6)29-8-15(23)19-24-16(9-30-19)20-25-17(10-31-20)21-26-18(11-32-21)22(27)28-7/h9-10,12-15,18H,8,11,23H2,1-7H3/t15?,18-/m0/s1. The predicted octanol–water partition coefficient (Wildman–Crippen LogP) is 5.49. The first-order chi connectivity index (χ1) is 15.6. The molecular formula is C22H34N4O3S3Si. The number of hydrogen-bond donors (Lipinski definition) is 1. The first-order valence-electron chi connectivity index (χ1n) is 11.2. The van der Waals surface area contributed by atoms with Gasteiger partial charge in [-0.1, -0.05) is 41.5 Å². The van der Waals surface area contributed by atoms with Gasteiger partial charge in [0.25, 0.3) is 0 Å². The molecule has 3 heterocycles. The van der Waals surface area contributed by atoms with Crippen molar-refractivity contribution in [1.29, 1.82) is 0 Å². The van der Waals surface area contributed by atoms with Crippen molar-refractivity contribution >= 4 is 53.8 Å². The summed E-state index contributed by atoms with van der Waals surface area (Å²) in [6.07, 6.45) is 0. The van der Waals surface area contributed by atoms with Gasteiger partial charge in [-0.05, 0) is 16.6 Å². The molecule has 33 heavy (non-hydrogen) atoms. The van der Waals surface area contributed by atoms with Crippen molar-refractivity contribution in [2.45, 2.75) is 70.2 Å². The maximum atomic E-state index is 11.7. The molecule has 0 saturated heterocycles. The van der Waals surface area contributed by atoms with E-state index in [1.165, 1.54) is 30.2 Å². The molecule has 1 aliphatic rings. The van der Waals surface area contributed by atoms with E-state index in [4.69, 9.17) is 24.9 Å². The van der Waals surface area contributed by atoms with E-state index in [0.29, 0.717) is 29.0 Å². The van der Waals surface area contributed by atoms with Gasteiger partial charge in [-0.15, -0.1) is 34.4 Å². The van der Waals surface area contributed by atoms with Crippen molar-refractivity contribution in [2.75, 3.05) is 19.5 Å². The summed E-state index contributed by atoms with van der Waals surface area (Å²) in [6.45, 7) is 14.1. The van der Waals surface area contributed by atoms with E-state index in [1.54, 1.807) is 11.3 Å². The zero-order valence-electron chi connectivity index (χ0n) is 20.3. The van der Waals surface area contributed by atoms with Gasteiger partial charge in [0.2, 0.25) is 0 Å². The summed E-state index contributed by atoms with van der Waals surface area (Å²) in [5, 5.41) is 6.40. The van der Waals surface area contributed by atoms with E-state index in [-0.39, 0.29) is 12.0 Å². The van der Waals surface area contributed by atoms with E-state index in [2.05, 4.69) is 46.5 Å². The number of carbonyl (C=O) groups excluding carboxylic acids is 1. The number of hydrogen-bond acceptors (Lipinski definition) is 10. The number of nitrogens with zero attached hydrogens (tertiary/aromatic N) is 3. The number of aromatic nitrogens is 2. The molecular weight excluding hydrogens is 493 g/mol. The van der Waals surface area contributed by atoms with Gasteiger partial charge < -0.3 is 14.9 Å². The summed E-state index contributed by atoms with van der Waals surface area (Å²) in [5.41, 5.74) is 9.65. The third-order valence-corrected chi connectivity index (χ3v) is 15.1. The highest BCUT2D eigenvalue weighted by Crippen LogP contribution is 2.42. The highest BCUT2D eigenvalue weighted by molar-refractivity contribution is 8.14. The molecule has 0 saturated carbocycles. The van der Waals surface area contributed by atoms with Crippen LogP contribution >= 0.6 is 34.4 Å². The predicted molar refractivity (Wildman–Crippen MR) is 142 cm³/mol. The Kier molecular flexibility index (Phi) is 8.90. The van der Waals surface area contributed by atoms with E-state index < -0.39 is 14.4 Å². The van der Waals surface area contributed by atoms with Crippen LogP contribution < -0.4 is 5.73 Å². The third-order valence-electron chi connectivity index (χ3n) is 6.13. The molecule has 3 rings (SSSR count). The highest BCUT2D eigenvalue weighted by Gasteiger charge is 2.45. The van der Waals surface area contributed by atoms with Gasteiger partial charge in [-0.2, -0.15) is 0 Å². The molecule has 0 amide bonds. The second-order valence-electron chi connectivity index (χ2n) is 9.13. The molecule has 11 heteroatoms. The fraction of sp³-hybridized carbons (Fsp3) is 0.636. The lowest BCUT2D eigenvalue weighted by molar-refractivity contribution is -0.141. The average molecular weight is 527 g/mol. The first kappa shape index (κ1) is 26.5. The number of ether oxygens (including phenoxy) is 1. The Morgan fingerprint density at radius 1 is 1.09 bits per heavy atom. The van der Waals surface area contributed by atoms with Crippen LogP contribution in [0.2, 0.25) is 16.6 Å². The summed E-state index contributed by atoms with van der Waals surface area (Å²) in [7, 11) is -0.588. The highest BCUT2D eigenvalue weighted by atomic mass is 32.2. The molecule has 0 aliphatic carbocycles. The van der Waals surface area contributed by atoms with Crippen molar-refractivity contribution in [3.63, 3.8) is 0 Å². The van der Waals surface area contributed by atoms with Crippen molar-refractivity contribution < 1.29 is 14.0 Å². The van der Waals surface area contributed by atoms with Crippen LogP contribution in [0.25, 0.3) is 10.7 Å². The second kappa shape index (κ2) is 11.1. The topological polar surface area (TPSA) is 99.7 Å². The van der Waals surface area contributed by atoms with Crippen molar-refractivity contribution in [1.82, 2.24) is 9.97 Å². The van der Waals surface area contributed by atoms with Gasteiger partial charge in [0.15, 0.2) is 14.4 Å². The summed E-state index contributed by atoms with van der Waals surface area (Å²) in [4.78, 5) is 25.7. The summed E-state index contributed by atoms with van der Waals surface area (Å²) >= 11 is 4.59. The van der Waals surface area contributed by atoms with Crippen LogP contribution in [-0.2, 0) is 14.0 Å². The number of carbonyl (C=O) groups is 1. The minimum Gasteiger partial charge on any atom is -0.467 e.